The maximum Gasteiger partial charge on any atom is 0.219 e. The number of fused-ring (bicyclic) bond motifs is 1. The number of aromatic nitrogens is 4. The Kier molecular flexibility index (Phi) is 6.99. The smallest absolute Gasteiger partial charge is 0.219 e. The number of amides is 1. The molecule has 0 atom stereocenters. The number of halogens is 2. The predicted octanol–water partition coefficient (Wildman–Crippen LogP) is 3.48. The number of ether oxygens (including phenoxy) is 1. The molecule has 2 aliphatic rings. The summed E-state index contributed by atoms with van der Waals surface area (Å²) in [7, 11) is 0. The van der Waals surface area contributed by atoms with Crippen molar-refractivity contribution in [3.05, 3.63) is 53.6 Å². The van der Waals surface area contributed by atoms with Crippen molar-refractivity contribution in [2.45, 2.75) is 51.8 Å². The Bertz CT molecular complexity index is 1350. The SMILES string of the molecule is CC(=O)N1CCc2nc(N3CCC(Oc4ccc(F)cc4F)CC3)c(-c3cnn(CCC#N)c3)nc2C1. The van der Waals surface area contributed by atoms with Crippen LogP contribution in [-0.4, -0.2) is 56.3 Å². The van der Waals surface area contributed by atoms with Gasteiger partial charge in [-0.2, -0.15) is 10.4 Å². The second kappa shape index (κ2) is 10.5. The van der Waals surface area contributed by atoms with Crippen LogP contribution >= 0.6 is 0 Å². The van der Waals surface area contributed by atoms with E-state index in [1.807, 2.05) is 6.20 Å². The van der Waals surface area contributed by atoms with Gasteiger partial charge in [0, 0.05) is 63.6 Å². The normalized spacial score (nSPS) is 15.8. The zero-order chi connectivity index (χ0) is 25.9. The van der Waals surface area contributed by atoms with Crippen LogP contribution in [0.25, 0.3) is 11.3 Å². The fourth-order valence-corrected chi connectivity index (χ4v) is 4.71. The van der Waals surface area contributed by atoms with Gasteiger partial charge < -0.3 is 14.5 Å². The van der Waals surface area contributed by atoms with Crippen molar-refractivity contribution in [3.8, 4) is 23.1 Å². The second-order valence-electron chi connectivity index (χ2n) is 9.26. The molecule has 9 nitrogen and oxygen atoms in total. The average molecular weight is 508 g/mol. The molecular formula is C26H27F2N7O2. The lowest BCUT2D eigenvalue weighted by Gasteiger charge is -2.35. The highest BCUT2D eigenvalue weighted by Crippen LogP contribution is 2.33. The molecule has 1 saturated heterocycles. The highest BCUT2D eigenvalue weighted by molar-refractivity contribution is 5.74. The van der Waals surface area contributed by atoms with Gasteiger partial charge in [-0.05, 0) is 12.1 Å². The van der Waals surface area contributed by atoms with Gasteiger partial charge in [-0.1, -0.05) is 0 Å². The summed E-state index contributed by atoms with van der Waals surface area (Å²) < 4.78 is 34.8. The van der Waals surface area contributed by atoms with Crippen molar-refractivity contribution in [1.82, 2.24) is 24.6 Å². The Balaban J connectivity index is 1.39. The van der Waals surface area contributed by atoms with Crippen molar-refractivity contribution in [3.63, 3.8) is 0 Å². The predicted molar refractivity (Wildman–Crippen MR) is 130 cm³/mol. The quantitative estimate of drug-likeness (QED) is 0.504. The first-order valence-electron chi connectivity index (χ1n) is 12.3. The topological polar surface area (TPSA) is 100 Å². The lowest BCUT2D eigenvalue weighted by Crippen LogP contribution is -2.40. The van der Waals surface area contributed by atoms with E-state index in [1.165, 1.54) is 12.1 Å². The first-order valence-corrected chi connectivity index (χ1v) is 12.3. The van der Waals surface area contributed by atoms with Crippen molar-refractivity contribution in [2.24, 2.45) is 0 Å². The molecule has 192 valence electrons. The van der Waals surface area contributed by atoms with Gasteiger partial charge in [-0.25, -0.2) is 18.7 Å². The van der Waals surface area contributed by atoms with Crippen molar-refractivity contribution in [2.75, 3.05) is 24.5 Å². The summed E-state index contributed by atoms with van der Waals surface area (Å²) in [5, 5.41) is 13.3. The molecule has 1 fully saturated rings. The molecule has 4 heterocycles. The monoisotopic (exact) mass is 507 g/mol. The van der Waals surface area contributed by atoms with E-state index in [4.69, 9.17) is 20.0 Å². The number of nitrogens with zero attached hydrogens (tertiary/aromatic N) is 7. The Hall–Kier alpha value is -4.07. The number of carbonyl (C=O) groups excluding carboxylic acids is 1. The molecular weight excluding hydrogens is 480 g/mol. The molecule has 0 spiro atoms. The Morgan fingerprint density at radius 2 is 2.00 bits per heavy atom. The molecule has 11 heteroatoms. The van der Waals surface area contributed by atoms with E-state index in [1.54, 1.807) is 22.7 Å². The van der Waals surface area contributed by atoms with Gasteiger partial charge >= 0.3 is 0 Å². The molecule has 1 amide bonds. The summed E-state index contributed by atoms with van der Waals surface area (Å²) in [6.45, 7) is 4.28. The minimum absolute atomic E-state index is 0.00191. The van der Waals surface area contributed by atoms with Crippen molar-refractivity contribution < 1.29 is 18.3 Å². The summed E-state index contributed by atoms with van der Waals surface area (Å²) in [5.74, 6) is -0.559. The summed E-state index contributed by atoms with van der Waals surface area (Å²) in [6, 6.07) is 5.45. The van der Waals surface area contributed by atoms with Gasteiger partial charge in [0.2, 0.25) is 5.91 Å². The van der Waals surface area contributed by atoms with Gasteiger partial charge in [0.15, 0.2) is 17.4 Å². The van der Waals surface area contributed by atoms with Gasteiger partial charge in [0.05, 0.1) is 43.2 Å². The molecule has 0 unspecified atom stereocenters. The molecule has 2 aromatic heterocycles. The number of rotatable bonds is 6. The van der Waals surface area contributed by atoms with Crippen molar-refractivity contribution in [1.29, 1.82) is 5.26 Å². The van der Waals surface area contributed by atoms with Gasteiger partial charge in [0.1, 0.15) is 17.6 Å². The number of aryl methyl sites for hydroxylation is 1. The van der Waals surface area contributed by atoms with Gasteiger partial charge in [-0.15, -0.1) is 0 Å². The average Bonchev–Trinajstić information content (AvgIpc) is 3.37. The highest BCUT2D eigenvalue weighted by Gasteiger charge is 2.29. The third-order valence-corrected chi connectivity index (χ3v) is 6.73. The minimum Gasteiger partial charge on any atom is -0.487 e. The van der Waals surface area contributed by atoms with Crippen molar-refractivity contribution >= 4 is 11.7 Å². The first kappa shape index (κ1) is 24.6. The number of carbonyl (C=O) groups is 1. The molecule has 0 saturated carbocycles. The molecule has 0 aliphatic carbocycles. The lowest BCUT2D eigenvalue weighted by atomic mass is 10.1. The summed E-state index contributed by atoms with van der Waals surface area (Å²) in [4.78, 5) is 25.8. The van der Waals surface area contributed by atoms with Gasteiger partial charge in [-0.3, -0.25) is 9.48 Å². The fourth-order valence-electron chi connectivity index (χ4n) is 4.71. The minimum atomic E-state index is -0.710. The molecule has 37 heavy (non-hydrogen) atoms. The summed E-state index contributed by atoms with van der Waals surface area (Å²) in [5.41, 5.74) is 3.11. The highest BCUT2D eigenvalue weighted by atomic mass is 19.1. The standard InChI is InChI=1S/C26H27F2N7O2/c1-17(36)34-12-7-22-23(16-34)31-25(18-14-30-35(15-18)9-2-8-29)26(32-22)33-10-5-20(6-11-33)37-24-4-3-19(27)13-21(24)28/h3-4,13-15,20H,2,5-7,9-12,16H2,1H3. The number of piperidine rings is 1. The van der Waals surface area contributed by atoms with Crippen LogP contribution in [0.3, 0.4) is 0 Å². The molecule has 2 aliphatic heterocycles. The largest absolute Gasteiger partial charge is 0.487 e. The third-order valence-electron chi connectivity index (χ3n) is 6.73. The van der Waals surface area contributed by atoms with Crippen LogP contribution in [0.5, 0.6) is 5.75 Å². The van der Waals surface area contributed by atoms with Crippen LogP contribution in [0.1, 0.15) is 37.6 Å². The first-order chi connectivity index (χ1) is 17.9. The zero-order valence-electron chi connectivity index (χ0n) is 20.5. The molecule has 0 bridgehead atoms. The summed E-state index contributed by atoms with van der Waals surface area (Å²) >= 11 is 0. The Morgan fingerprint density at radius 1 is 1.19 bits per heavy atom. The van der Waals surface area contributed by atoms with Crippen LogP contribution in [0.4, 0.5) is 14.6 Å². The van der Waals surface area contributed by atoms with E-state index in [-0.39, 0.29) is 17.8 Å². The van der Waals surface area contributed by atoms with Crippen LogP contribution in [0, 0.1) is 23.0 Å². The molecule has 3 aromatic rings. The number of anilines is 1. The van der Waals surface area contributed by atoms with E-state index in [0.717, 1.165) is 28.8 Å². The van der Waals surface area contributed by atoms with E-state index in [9.17, 15) is 13.6 Å². The van der Waals surface area contributed by atoms with E-state index in [0.29, 0.717) is 64.1 Å². The van der Waals surface area contributed by atoms with Crippen LogP contribution in [0.15, 0.2) is 30.6 Å². The molecule has 0 N–H and O–H groups in total. The van der Waals surface area contributed by atoms with Gasteiger partial charge in [0.25, 0.3) is 0 Å². The van der Waals surface area contributed by atoms with Crippen LogP contribution in [0.2, 0.25) is 0 Å². The fraction of sp³-hybridized carbons (Fsp3) is 0.423. The molecule has 5 rings (SSSR count). The number of benzene rings is 1. The third kappa shape index (κ3) is 5.38. The van der Waals surface area contributed by atoms with Crippen LogP contribution in [-0.2, 0) is 24.3 Å². The summed E-state index contributed by atoms with van der Waals surface area (Å²) in [6.07, 6.45) is 5.61. The lowest BCUT2D eigenvalue weighted by molar-refractivity contribution is -0.129. The maximum atomic E-state index is 14.1. The van der Waals surface area contributed by atoms with E-state index >= 15 is 0 Å². The molecule has 1 aromatic carbocycles. The van der Waals surface area contributed by atoms with E-state index in [2.05, 4.69) is 16.1 Å². The van der Waals surface area contributed by atoms with E-state index < -0.39 is 11.6 Å². The Labute approximate surface area is 213 Å². The van der Waals surface area contributed by atoms with Crippen LogP contribution < -0.4 is 9.64 Å². The number of hydrogen-bond acceptors (Lipinski definition) is 7. The Morgan fingerprint density at radius 3 is 2.73 bits per heavy atom. The maximum absolute atomic E-state index is 14.1. The molecule has 0 radical (unpaired) electrons. The zero-order valence-corrected chi connectivity index (χ0v) is 20.5. The number of nitriles is 1. The second-order valence-corrected chi connectivity index (χ2v) is 9.26. The number of hydrogen-bond donors (Lipinski definition) is 0.